The van der Waals surface area contributed by atoms with Crippen LogP contribution in [-0.2, 0) is 4.79 Å². The van der Waals surface area contributed by atoms with Crippen LogP contribution in [0.3, 0.4) is 0 Å². The van der Waals surface area contributed by atoms with Crippen LogP contribution in [0.1, 0.15) is 30.3 Å². The van der Waals surface area contributed by atoms with Crippen molar-refractivity contribution in [2.75, 3.05) is 31.8 Å². The summed E-state index contributed by atoms with van der Waals surface area (Å²) in [6.45, 7) is 3.39. The van der Waals surface area contributed by atoms with E-state index in [2.05, 4.69) is 10.3 Å². The molecule has 30 heavy (non-hydrogen) atoms. The van der Waals surface area contributed by atoms with Gasteiger partial charge in [0.25, 0.3) is 5.91 Å². The van der Waals surface area contributed by atoms with Crippen LogP contribution in [0.2, 0.25) is 5.02 Å². The topological polar surface area (TPSA) is 90.0 Å². The highest BCUT2D eigenvalue weighted by Crippen LogP contribution is 2.34. The first-order valence-corrected chi connectivity index (χ1v) is 10.2. The fraction of sp³-hybridized carbons (Fsp3) is 0.381. The number of halogens is 1. The van der Waals surface area contributed by atoms with Gasteiger partial charge in [-0.1, -0.05) is 11.6 Å². The van der Waals surface area contributed by atoms with Gasteiger partial charge in [0.15, 0.2) is 17.2 Å². The lowest BCUT2D eigenvalue weighted by Gasteiger charge is -2.31. The maximum absolute atomic E-state index is 12.9. The minimum Gasteiger partial charge on any atom is -0.478 e. The van der Waals surface area contributed by atoms with E-state index >= 15 is 0 Å². The number of amides is 2. The Bertz CT molecular complexity index is 960. The van der Waals surface area contributed by atoms with E-state index in [1.165, 1.54) is 0 Å². The van der Waals surface area contributed by atoms with Crippen LogP contribution in [0, 0.1) is 5.92 Å². The largest absolute Gasteiger partial charge is 0.478 e. The molecule has 1 aromatic heterocycles. The summed E-state index contributed by atoms with van der Waals surface area (Å²) in [5.74, 6) is 1.14. The van der Waals surface area contributed by atoms with Gasteiger partial charge in [0.2, 0.25) is 18.6 Å². The predicted molar refractivity (Wildman–Crippen MR) is 110 cm³/mol. The summed E-state index contributed by atoms with van der Waals surface area (Å²) >= 11 is 6.17. The third-order valence-corrected chi connectivity index (χ3v) is 5.41. The molecule has 1 aromatic carbocycles. The van der Waals surface area contributed by atoms with Crippen molar-refractivity contribution < 1.29 is 23.8 Å². The van der Waals surface area contributed by atoms with E-state index < -0.39 is 0 Å². The van der Waals surface area contributed by atoms with Crippen LogP contribution in [0.4, 0.5) is 5.69 Å². The molecule has 8 nitrogen and oxygen atoms in total. The number of carbonyl (C=O) groups is 2. The van der Waals surface area contributed by atoms with E-state index in [1.54, 1.807) is 35.2 Å². The number of nitrogens with zero attached hydrogens (tertiary/aromatic N) is 2. The molecular formula is C21H22ClN3O5. The maximum Gasteiger partial charge on any atom is 0.274 e. The molecule has 1 fully saturated rings. The standard InChI is InChI=1S/C21H22ClN3O5/c1-2-28-18-6-4-15(22)19(24-18)21(27)25-9-7-13(8-10-25)20(26)23-14-3-5-16-17(11-14)30-12-29-16/h3-6,11,13H,2,7-10,12H2,1H3,(H,23,26). The smallest absolute Gasteiger partial charge is 0.274 e. The van der Waals surface area contributed by atoms with Crippen molar-refractivity contribution in [1.29, 1.82) is 0 Å². The molecule has 0 spiro atoms. The third-order valence-electron chi connectivity index (χ3n) is 5.11. The van der Waals surface area contributed by atoms with Crippen LogP contribution in [0.5, 0.6) is 17.4 Å². The van der Waals surface area contributed by atoms with Gasteiger partial charge in [-0.25, -0.2) is 4.98 Å². The normalized spacial score (nSPS) is 15.7. The molecule has 158 valence electrons. The molecule has 2 aromatic rings. The number of anilines is 1. The highest BCUT2D eigenvalue weighted by Gasteiger charge is 2.29. The molecule has 1 N–H and O–H groups in total. The number of pyridine rings is 1. The van der Waals surface area contributed by atoms with Gasteiger partial charge >= 0.3 is 0 Å². The quantitative estimate of drug-likeness (QED) is 0.780. The third kappa shape index (κ3) is 4.28. The van der Waals surface area contributed by atoms with E-state index in [0.717, 1.165) is 0 Å². The van der Waals surface area contributed by atoms with E-state index in [9.17, 15) is 9.59 Å². The average Bonchev–Trinajstić information content (AvgIpc) is 3.23. The lowest BCUT2D eigenvalue weighted by atomic mass is 9.95. The number of carbonyl (C=O) groups excluding carboxylic acids is 2. The Hall–Kier alpha value is -3.00. The fourth-order valence-corrected chi connectivity index (χ4v) is 3.70. The Morgan fingerprint density at radius 1 is 1.20 bits per heavy atom. The number of fused-ring (bicyclic) bond motifs is 1. The van der Waals surface area contributed by atoms with E-state index in [0.29, 0.717) is 55.6 Å². The Balaban J connectivity index is 1.35. The van der Waals surface area contributed by atoms with Gasteiger partial charge in [0.1, 0.15) is 0 Å². The first kappa shape index (κ1) is 20.3. The van der Waals surface area contributed by atoms with Crippen molar-refractivity contribution in [3.8, 4) is 17.4 Å². The van der Waals surface area contributed by atoms with Gasteiger partial charge in [-0.05, 0) is 38.0 Å². The van der Waals surface area contributed by atoms with Gasteiger partial charge in [-0.3, -0.25) is 9.59 Å². The average molecular weight is 432 g/mol. The Morgan fingerprint density at radius 2 is 1.97 bits per heavy atom. The molecule has 0 saturated carbocycles. The van der Waals surface area contributed by atoms with Crippen LogP contribution in [-0.4, -0.2) is 48.2 Å². The van der Waals surface area contributed by atoms with E-state index in [-0.39, 0.29) is 35.2 Å². The molecule has 4 rings (SSSR count). The van der Waals surface area contributed by atoms with Gasteiger partial charge in [0, 0.05) is 36.8 Å². The fourth-order valence-electron chi connectivity index (χ4n) is 3.52. The molecular weight excluding hydrogens is 410 g/mol. The van der Waals surface area contributed by atoms with Crippen molar-refractivity contribution in [1.82, 2.24) is 9.88 Å². The van der Waals surface area contributed by atoms with Crippen LogP contribution in [0.15, 0.2) is 30.3 Å². The summed E-state index contributed by atoms with van der Waals surface area (Å²) < 4.78 is 16.0. The second-order valence-electron chi connectivity index (χ2n) is 7.04. The summed E-state index contributed by atoms with van der Waals surface area (Å²) in [6.07, 6.45) is 1.12. The zero-order chi connectivity index (χ0) is 21.1. The number of benzene rings is 1. The van der Waals surface area contributed by atoms with Crippen LogP contribution >= 0.6 is 11.6 Å². The van der Waals surface area contributed by atoms with Crippen molar-refractivity contribution in [3.05, 3.63) is 41.0 Å². The first-order chi connectivity index (χ1) is 14.5. The monoisotopic (exact) mass is 431 g/mol. The molecule has 1 saturated heterocycles. The number of hydrogen-bond donors (Lipinski definition) is 1. The number of aromatic nitrogens is 1. The molecule has 0 aliphatic carbocycles. The molecule has 0 bridgehead atoms. The summed E-state index contributed by atoms with van der Waals surface area (Å²) in [7, 11) is 0. The van der Waals surface area contributed by atoms with Gasteiger partial charge in [-0.2, -0.15) is 0 Å². The summed E-state index contributed by atoms with van der Waals surface area (Å²) in [5, 5.41) is 3.20. The van der Waals surface area contributed by atoms with Crippen LogP contribution < -0.4 is 19.5 Å². The van der Waals surface area contributed by atoms with E-state index in [1.807, 2.05) is 6.92 Å². The highest BCUT2D eigenvalue weighted by molar-refractivity contribution is 6.33. The molecule has 2 aliphatic heterocycles. The molecule has 0 unspecified atom stereocenters. The van der Waals surface area contributed by atoms with Crippen molar-refractivity contribution in [2.45, 2.75) is 19.8 Å². The SMILES string of the molecule is CCOc1ccc(Cl)c(C(=O)N2CCC(C(=O)Nc3ccc4c(c3)OCO4)CC2)n1. The molecule has 0 radical (unpaired) electrons. The molecule has 2 amide bonds. The number of ether oxygens (including phenoxy) is 3. The Kier molecular flexibility index (Phi) is 5.94. The molecule has 0 atom stereocenters. The van der Waals surface area contributed by atoms with E-state index in [4.69, 9.17) is 25.8 Å². The highest BCUT2D eigenvalue weighted by atomic mass is 35.5. The van der Waals surface area contributed by atoms with Crippen molar-refractivity contribution >= 4 is 29.1 Å². The van der Waals surface area contributed by atoms with Gasteiger partial charge in [-0.15, -0.1) is 0 Å². The lowest BCUT2D eigenvalue weighted by molar-refractivity contribution is -0.121. The number of hydrogen-bond acceptors (Lipinski definition) is 6. The number of piperidine rings is 1. The van der Waals surface area contributed by atoms with Gasteiger partial charge < -0.3 is 24.4 Å². The van der Waals surface area contributed by atoms with Gasteiger partial charge in [0.05, 0.1) is 11.6 Å². The maximum atomic E-state index is 12.9. The Labute approximate surface area is 179 Å². The summed E-state index contributed by atoms with van der Waals surface area (Å²) in [6, 6.07) is 8.54. The van der Waals surface area contributed by atoms with Crippen molar-refractivity contribution in [3.63, 3.8) is 0 Å². The van der Waals surface area contributed by atoms with Crippen molar-refractivity contribution in [2.24, 2.45) is 5.92 Å². The minimum atomic E-state index is -0.254. The summed E-state index contributed by atoms with van der Waals surface area (Å²) in [5.41, 5.74) is 0.831. The summed E-state index contributed by atoms with van der Waals surface area (Å²) in [4.78, 5) is 31.4. The number of rotatable bonds is 5. The second-order valence-corrected chi connectivity index (χ2v) is 7.44. The number of likely N-dealkylation sites (tertiary alicyclic amines) is 1. The zero-order valence-corrected chi connectivity index (χ0v) is 17.3. The minimum absolute atomic E-state index is 0.0736. The second kappa shape index (κ2) is 8.79. The van der Waals surface area contributed by atoms with Crippen LogP contribution in [0.25, 0.3) is 0 Å². The zero-order valence-electron chi connectivity index (χ0n) is 16.5. The first-order valence-electron chi connectivity index (χ1n) is 9.84. The molecule has 2 aliphatic rings. The molecule has 3 heterocycles. The lowest BCUT2D eigenvalue weighted by Crippen LogP contribution is -2.41. The predicted octanol–water partition coefficient (Wildman–Crippen LogP) is 3.35. The number of nitrogens with one attached hydrogen (secondary N) is 1. The molecule has 9 heteroatoms. The Morgan fingerprint density at radius 3 is 2.73 bits per heavy atom.